The largest absolute Gasteiger partial charge is 0.491 e. The molecular weight excluding hydrogens is 578 g/mol. The Hall–Kier alpha value is -3.91. The second kappa shape index (κ2) is 21.1. The summed E-state index contributed by atoms with van der Waals surface area (Å²) < 4.78 is 19.8. The van der Waals surface area contributed by atoms with Crippen molar-refractivity contribution in [3.8, 4) is 11.8 Å². The van der Waals surface area contributed by atoms with Crippen LogP contribution in [0.15, 0.2) is 115 Å². The Morgan fingerprint density at radius 2 is 1.00 bits per heavy atom. The molecule has 0 saturated carbocycles. The SMILES string of the molecule is CCCCCCCCCCCCCCO[C@@H](COc1ccc(C#N)cc1)COC(c1ccccc1)(c1ccccc1)c1ccccc1. The standard InChI is InChI=1S/C43H53NO3/c1-2-3-4-5-6-7-8-9-10-11-12-22-33-45-42(35-46-41-31-29-37(34-44)30-32-41)36-47-43(38-23-16-13-17-24-38,39-25-18-14-19-26-39)40-27-20-15-21-28-40/h13-21,23-32,42H,2-12,22,33,35-36H2,1H3/t42-/m0/s1. The lowest BCUT2D eigenvalue weighted by molar-refractivity contribution is -0.0780. The smallest absolute Gasteiger partial charge is 0.143 e. The molecule has 0 aromatic heterocycles. The maximum Gasteiger partial charge on any atom is 0.143 e. The summed E-state index contributed by atoms with van der Waals surface area (Å²) in [4.78, 5) is 0. The quantitative estimate of drug-likeness (QED) is 0.0604. The summed E-state index contributed by atoms with van der Waals surface area (Å²) in [6.07, 6.45) is 15.4. The predicted molar refractivity (Wildman–Crippen MR) is 193 cm³/mol. The molecule has 4 nitrogen and oxygen atoms in total. The summed E-state index contributed by atoms with van der Waals surface area (Å²) in [6.45, 7) is 3.63. The maximum absolute atomic E-state index is 9.20. The topological polar surface area (TPSA) is 51.5 Å². The van der Waals surface area contributed by atoms with E-state index in [9.17, 15) is 5.26 Å². The molecule has 0 heterocycles. The highest BCUT2D eigenvalue weighted by Gasteiger charge is 2.38. The van der Waals surface area contributed by atoms with E-state index in [1.165, 1.54) is 70.6 Å². The average molecular weight is 632 g/mol. The Kier molecular flexibility index (Phi) is 16.1. The molecule has 0 fully saturated rings. The fraction of sp³-hybridized carbons (Fsp3) is 0.419. The minimum absolute atomic E-state index is 0.283. The molecule has 0 bridgehead atoms. The van der Waals surface area contributed by atoms with E-state index in [0.29, 0.717) is 31.1 Å². The zero-order valence-corrected chi connectivity index (χ0v) is 28.3. The third kappa shape index (κ3) is 11.7. The maximum atomic E-state index is 9.20. The molecule has 4 heteroatoms. The normalized spacial score (nSPS) is 12.0. The molecule has 0 radical (unpaired) electrons. The molecule has 4 aromatic carbocycles. The van der Waals surface area contributed by atoms with Gasteiger partial charge in [0.25, 0.3) is 0 Å². The Morgan fingerprint density at radius 3 is 1.45 bits per heavy atom. The third-order valence-electron chi connectivity index (χ3n) is 8.80. The Morgan fingerprint density at radius 1 is 0.553 bits per heavy atom. The minimum Gasteiger partial charge on any atom is -0.491 e. The second-order valence-electron chi connectivity index (χ2n) is 12.4. The number of hydrogen-bond acceptors (Lipinski definition) is 4. The molecular formula is C43H53NO3. The van der Waals surface area contributed by atoms with Crippen molar-refractivity contribution in [1.82, 2.24) is 0 Å². The van der Waals surface area contributed by atoms with E-state index >= 15 is 0 Å². The van der Waals surface area contributed by atoms with Gasteiger partial charge in [-0.2, -0.15) is 5.26 Å². The van der Waals surface area contributed by atoms with Crippen LogP contribution >= 0.6 is 0 Å². The van der Waals surface area contributed by atoms with E-state index in [4.69, 9.17) is 14.2 Å². The summed E-state index contributed by atoms with van der Waals surface area (Å²) >= 11 is 0. The predicted octanol–water partition coefficient (Wildman–Crippen LogP) is 11.0. The van der Waals surface area contributed by atoms with Crippen molar-refractivity contribution in [3.63, 3.8) is 0 Å². The first-order valence-electron chi connectivity index (χ1n) is 17.8. The number of ether oxygens (including phenoxy) is 3. The number of rotatable bonds is 23. The molecule has 0 spiro atoms. The molecule has 47 heavy (non-hydrogen) atoms. The van der Waals surface area contributed by atoms with Crippen molar-refractivity contribution in [2.24, 2.45) is 0 Å². The fourth-order valence-electron chi connectivity index (χ4n) is 6.14. The van der Waals surface area contributed by atoms with Crippen molar-refractivity contribution in [3.05, 3.63) is 138 Å². The molecule has 4 rings (SSSR count). The van der Waals surface area contributed by atoms with Crippen molar-refractivity contribution in [1.29, 1.82) is 5.26 Å². The van der Waals surface area contributed by atoms with Crippen LogP contribution in [0.25, 0.3) is 0 Å². The van der Waals surface area contributed by atoms with Crippen molar-refractivity contribution >= 4 is 0 Å². The van der Waals surface area contributed by atoms with Gasteiger partial charge in [0.1, 0.15) is 24.1 Å². The first-order valence-corrected chi connectivity index (χ1v) is 17.8. The molecule has 0 unspecified atom stereocenters. The Balaban J connectivity index is 1.40. The van der Waals surface area contributed by atoms with Crippen LogP contribution < -0.4 is 4.74 Å². The van der Waals surface area contributed by atoms with E-state index in [1.807, 2.05) is 30.3 Å². The molecule has 0 aliphatic carbocycles. The monoisotopic (exact) mass is 631 g/mol. The number of nitrogens with zero attached hydrogens (tertiary/aromatic N) is 1. The third-order valence-corrected chi connectivity index (χ3v) is 8.80. The zero-order chi connectivity index (χ0) is 32.8. The van der Waals surface area contributed by atoms with Gasteiger partial charge in [0, 0.05) is 6.61 Å². The Bertz CT molecular complexity index is 1300. The molecule has 0 amide bonds. The molecule has 4 aromatic rings. The average Bonchev–Trinajstić information content (AvgIpc) is 3.14. The van der Waals surface area contributed by atoms with Crippen LogP contribution in [-0.4, -0.2) is 25.9 Å². The van der Waals surface area contributed by atoms with Gasteiger partial charge in [-0.1, -0.05) is 169 Å². The molecule has 0 aliphatic heterocycles. The van der Waals surface area contributed by atoms with Crippen LogP contribution in [-0.2, 0) is 15.1 Å². The van der Waals surface area contributed by atoms with Gasteiger partial charge >= 0.3 is 0 Å². The van der Waals surface area contributed by atoms with Crippen LogP contribution in [0.4, 0.5) is 0 Å². The molecule has 0 saturated heterocycles. The number of unbranched alkanes of at least 4 members (excludes halogenated alkanes) is 11. The van der Waals surface area contributed by atoms with Crippen LogP contribution in [0.1, 0.15) is 106 Å². The summed E-state index contributed by atoms with van der Waals surface area (Å²) in [5.41, 5.74) is 2.97. The summed E-state index contributed by atoms with van der Waals surface area (Å²) in [6, 6.07) is 40.7. The highest BCUT2D eigenvalue weighted by molar-refractivity contribution is 5.47. The number of hydrogen-bond donors (Lipinski definition) is 0. The lowest BCUT2D eigenvalue weighted by Crippen LogP contribution is -2.38. The van der Waals surface area contributed by atoms with Crippen LogP contribution in [0.5, 0.6) is 5.75 Å². The van der Waals surface area contributed by atoms with Gasteiger partial charge in [0.2, 0.25) is 0 Å². The minimum atomic E-state index is -0.824. The zero-order valence-electron chi connectivity index (χ0n) is 28.3. The van der Waals surface area contributed by atoms with Gasteiger partial charge in [-0.3, -0.25) is 0 Å². The van der Waals surface area contributed by atoms with Crippen LogP contribution in [0.2, 0.25) is 0 Å². The van der Waals surface area contributed by atoms with Crippen molar-refractivity contribution in [2.75, 3.05) is 19.8 Å². The molecule has 248 valence electrons. The Labute approximate surface area is 283 Å². The summed E-state index contributed by atoms with van der Waals surface area (Å²) in [7, 11) is 0. The van der Waals surface area contributed by atoms with Gasteiger partial charge < -0.3 is 14.2 Å². The van der Waals surface area contributed by atoms with Gasteiger partial charge in [0.15, 0.2) is 0 Å². The summed E-state index contributed by atoms with van der Waals surface area (Å²) in [5, 5.41) is 9.20. The highest BCUT2D eigenvalue weighted by Crippen LogP contribution is 2.40. The van der Waals surface area contributed by atoms with Gasteiger partial charge in [-0.05, 0) is 47.4 Å². The van der Waals surface area contributed by atoms with E-state index in [2.05, 4.69) is 85.8 Å². The number of benzene rings is 4. The van der Waals surface area contributed by atoms with Crippen molar-refractivity contribution in [2.45, 2.75) is 95.7 Å². The lowest BCUT2D eigenvalue weighted by Gasteiger charge is -2.37. The molecule has 0 aliphatic rings. The van der Waals surface area contributed by atoms with E-state index < -0.39 is 5.60 Å². The highest BCUT2D eigenvalue weighted by atomic mass is 16.6. The van der Waals surface area contributed by atoms with Gasteiger partial charge in [-0.25, -0.2) is 0 Å². The van der Waals surface area contributed by atoms with Gasteiger partial charge in [-0.15, -0.1) is 0 Å². The van der Waals surface area contributed by atoms with Gasteiger partial charge in [0.05, 0.1) is 18.2 Å². The van der Waals surface area contributed by atoms with E-state index in [-0.39, 0.29) is 6.10 Å². The van der Waals surface area contributed by atoms with E-state index in [1.54, 1.807) is 12.1 Å². The lowest BCUT2D eigenvalue weighted by atomic mass is 9.80. The fourth-order valence-corrected chi connectivity index (χ4v) is 6.14. The van der Waals surface area contributed by atoms with Crippen LogP contribution in [0, 0.1) is 11.3 Å². The summed E-state index contributed by atoms with van der Waals surface area (Å²) in [5.74, 6) is 0.711. The first-order chi connectivity index (χ1) is 23.3. The molecule has 0 N–H and O–H groups in total. The second-order valence-corrected chi connectivity index (χ2v) is 12.4. The first kappa shape index (κ1) is 35.9. The molecule has 1 atom stereocenters. The van der Waals surface area contributed by atoms with Crippen molar-refractivity contribution < 1.29 is 14.2 Å². The van der Waals surface area contributed by atoms with E-state index in [0.717, 1.165) is 23.1 Å². The van der Waals surface area contributed by atoms with Crippen LogP contribution in [0.3, 0.4) is 0 Å². The number of nitriles is 1.